The Morgan fingerprint density at radius 3 is 2.52 bits per heavy atom. The molecule has 1 saturated heterocycles. The number of rotatable bonds is 5. The molecule has 2 fully saturated rings. The van der Waals surface area contributed by atoms with Gasteiger partial charge in [-0.05, 0) is 69.2 Å². The second-order valence-corrected chi connectivity index (χ2v) is 11.7. The zero-order valence-corrected chi connectivity index (χ0v) is 22.5. The lowest BCUT2D eigenvalue weighted by Crippen LogP contribution is -2.43. The Kier molecular flexibility index (Phi) is 6.58. The van der Waals surface area contributed by atoms with Gasteiger partial charge in [0.1, 0.15) is 28.4 Å². The van der Waals surface area contributed by atoms with Crippen molar-refractivity contribution in [1.29, 1.82) is 0 Å². The fourth-order valence-corrected chi connectivity index (χ4v) is 5.62. The molecule has 1 aliphatic heterocycles. The first-order chi connectivity index (χ1) is 18.6. The smallest absolute Gasteiger partial charge is 0.416 e. The Balaban J connectivity index is 1.32. The lowest BCUT2D eigenvalue weighted by atomic mass is 9.65. The molecule has 1 aliphatic carbocycles. The number of halogens is 3. The molecule has 214 valence electrons. The number of hydrogen-bond acceptors (Lipinski definition) is 6. The van der Waals surface area contributed by atoms with E-state index in [4.69, 9.17) is 16.2 Å². The minimum atomic E-state index is -4.45. The van der Waals surface area contributed by atoms with E-state index in [-0.39, 0.29) is 41.2 Å². The first-order valence-corrected chi connectivity index (χ1v) is 13.0. The van der Waals surface area contributed by atoms with Gasteiger partial charge in [-0.2, -0.15) is 23.4 Å². The summed E-state index contributed by atoms with van der Waals surface area (Å²) in [5.41, 5.74) is 11.6. The highest BCUT2D eigenvalue weighted by Crippen LogP contribution is 2.55. The summed E-state index contributed by atoms with van der Waals surface area (Å²) in [6.07, 6.45) is -0.902. The number of benzene rings is 1. The average Bonchev–Trinajstić information content (AvgIpc) is 3.54. The van der Waals surface area contributed by atoms with Crippen molar-refractivity contribution in [2.45, 2.75) is 64.4 Å². The van der Waals surface area contributed by atoms with Crippen LogP contribution in [0.5, 0.6) is 0 Å². The van der Waals surface area contributed by atoms with Crippen LogP contribution in [0.2, 0.25) is 0 Å². The molecule has 2 aromatic heterocycles. The summed E-state index contributed by atoms with van der Waals surface area (Å²) in [5, 5.41) is 9.04. The van der Waals surface area contributed by atoms with Crippen LogP contribution in [0.25, 0.3) is 11.4 Å². The summed E-state index contributed by atoms with van der Waals surface area (Å²) in [6.45, 7) is 6.77. The number of alkyl halides is 3. The predicted molar refractivity (Wildman–Crippen MR) is 140 cm³/mol. The standard InChI is InChI=1S/C27H32F3N7O3/c1-25(2,3)40-24(39)35-10-8-26(15-35)12-18(13-26)37-22(31)20(23(32)38)21(34-37)19-7-9-36(33-19)14-16-5-4-6-17(11-16)27(28,29)30/h4-7,9,11,18H,8,10,12-15,31H2,1-3H3,(H2,32,38)/t18-,26-. The Morgan fingerprint density at radius 1 is 1.15 bits per heavy atom. The number of amides is 2. The van der Waals surface area contributed by atoms with Crippen molar-refractivity contribution in [3.05, 3.63) is 53.2 Å². The van der Waals surface area contributed by atoms with E-state index in [2.05, 4.69) is 10.2 Å². The van der Waals surface area contributed by atoms with E-state index in [1.807, 2.05) is 20.8 Å². The second-order valence-electron chi connectivity index (χ2n) is 11.7. The Hall–Kier alpha value is -4.03. The third-order valence-electron chi connectivity index (χ3n) is 7.45. The number of nitrogen functional groups attached to an aromatic ring is 1. The lowest BCUT2D eigenvalue weighted by Gasteiger charge is -2.45. The molecule has 0 radical (unpaired) electrons. The maximum Gasteiger partial charge on any atom is 0.416 e. The van der Waals surface area contributed by atoms with E-state index >= 15 is 0 Å². The SMILES string of the molecule is CC(C)(C)OC(=O)N1CC[C@]2(C1)C[C@H](n1nc(-c3ccn(Cc4cccc(C(F)(F)F)c4)n3)c(C(N)=O)c1N)C2. The minimum absolute atomic E-state index is 0.0482. The number of likely N-dealkylation sites (tertiary alicyclic amines) is 1. The molecule has 0 atom stereocenters. The van der Waals surface area contributed by atoms with Crippen LogP contribution in [0.15, 0.2) is 36.5 Å². The maximum absolute atomic E-state index is 13.1. The van der Waals surface area contributed by atoms with E-state index < -0.39 is 23.2 Å². The van der Waals surface area contributed by atoms with Crippen LogP contribution >= 0.6 is 0 Å². The number of ether oxygens (including phenoxy) is 1. The number of nitrogens with zero attached hydrogens (tertiary/aromatic N) is 5. The second kappa shape index (κ2) is 9.56. The van der Waals surface area contributed by atoms with Crippen molar-refractivity contribution < 1.29 is 27.5 Å². The molecule has 0 bridgehead atoms. The highest BCUT2D eigenvalue weighted by atomic mass is 19.4. The van der Waals surface area contributed by atoms with Crippen LogP contribution in [0, 0.1) is 5.41 Å². The molecule has 10 nitrogen and oxygen atoms in total. The highest BCUT2D eigenvalue weighted by molar-refractivity contribution is 6.03. The molecule has 4 N–H and O–H groups in total. The summed E-state index contributed by atoms with van der Waals surface area (Å²) < 4.78 is 47.8. The zero-order valence-electron chi connectivity index (χ0n) is 22.5. The van der Waals surface area contributed by atoms with Gasteiger partial charge in [0.05, 0.1) is 18.2 Å². The van der Waals surface area contributed by atoms with Gasteiger partial charge >= 0.3 is 12.3 Å². The number of carbonyl (C=O) groups excluding carboxylic acids is 2. The Morgan fingerprint density at radius 2 is 1.88 bits per heavy atom. The number of primary amides is 1. The van der Waals surface area contributed by atoms with Gasteiger partial charge in [-0.3, -0.25) is 9.48 Å². The van der Waals surface area contributed by atoms with Crippen LogP contribution in [0.1, 0.15) is 67.6 Å². The van der Waals surface area contributed by atoms with Crippen LogP contribution < -0.4 is 11.5 Å². The normalized spacial score (nSPS) is 21.1. The molecule has 2 aliphatic rings. The highest BCUT2D eigenvalue weighted by Gasteiger charge is 2.51. The van der Waals surface area contributed by atoms with Gasteiger partial charge in [-0.15, -0.1) is 0 Å². The summed E-state index contributed by atoms with van der Waals surface area (Å²) in [7, 11) is 0. The number of aromatic nitrogens is 4. The molecule has 13 heteroatoms. The molecule has 2 amide bonds. The zero-order chi connectivity index (χ0) is 29.0. The first kappa shape index (κ1) is 27.5. The summed E-state index contributed by atoms with van der Waals surface area (Å²) in [6, 6.07) is 6.54. The summed E-state index contributed by atoms with van der Waals surface area (Å²) in [4.78, 5) is 26.6. The molecule has 3 heterocycles. The van der Waals surface area contributed by atoms with Crippen LogP contribution in [-0.4, -0.2) is 55.2 Å². The van der Waals surface area contributed by atoms with Crippen molar-refractivity contribution in [1.82, 2.24) is 24.5 Å². The van der Waals surface area contributed by atoms with Crippen LogP contribution in [0.4, 0.5) is 23.8 Å². The number of anilines is 1. The molecule has 5 rings (SSSR count). The van der Waals surface area contributed by atoms with E-state index in [0.29, 0.717) is 24.3 Å². The lowest BCUT2D eigenvalue weighted by molar-refractivity contribution is -0.137. The van der Waals surface area contributed by atoms with Gasteiger partial charge in [0.2, 0.25) is 0 Å². The summed E-state index contributed by atoms with van der Waals surface area (Å²) >= 11 is 0. The Labute approximate surface area is 229 Å². The van der Waals surface area contributed by atoms with Crippen LogP contribution in [0.3, 0.4) is 0 Å². The largest absolute Gasteiger partial charge is 0.444 e. The minimum Gasteiger partial charge on any atom is -0.444 e. The number of hydrogen-bond donors (Lipinski definition) is 2. The summed E-state index contributed by atoms with van der Waals surface area (Å²) in [5.74, 6) is -0.617. The average molecular weight is 560 g/mol. The molecule has 1 saturated carbocycles. The number of nitrogens with two attached hydrogens (primary N) is 2. The third kappa shape index (κ3) is 5.36. The van der Waals surface area contributed by atoms with E-state index in [1.54, 1.807) is 27.9 Å². The quantitative estimate of drug-likeness (QED) is 0.474. The van der Waals surface area contributed by atoms with Gasteiger partial charge in [0.15, 0.2) is 0 Å². The predicted octanol–water partition coefficient (Wildman–Crippen LogP) is 4.46. The van der Waals surface area contributed by atoms with Crippen LogP contribution in [-0.2, 0) is 17.5 Å². The fraction of sp³-hybridized carbons (Fsp3) is 0.481. The van der Waals surface area contributed by atoms with Gasteiger partial charge in [0.25, 0.3) is 5.91 Å². The topological polar surface area (TPSA) is 134 Å². The van der Waals surface area contributed by atoms with E-state index in [9.17, 15) is 22.8 Å². The van der Waals surface area contributed by atoms with Gasteiger partial charge in [0, 0.05) is 19.3 Å². The van der Waals surface area contributed by atoms with Crippen molar-refractivity contribution in [3.8, 4) is 11.4 Å². The van der Waals surface area contributed by atoms with E-state index in [0.717, 1.165) is 31.4 Å². The van der Waals surface area contributed by atoms with Gasteiger partial charge < -0.3 is 21.1 Å². The molecule has 40 heavy (non-hydrogen) atoms. The van der Waals surface area contributed by atoms with E-state index in [1.165, 1.54) is 10.7 Å². The molecular weight excluding hydrogens is 527 g/mol. The van der Waals surface area contributed by atoms with Crippen molar-refractivity contribution in [2.24, 2.45) is 11.1 Å². The van der Waals surface area contributed by atoms with Crippen molar-refractivity contribution >= 4 is 17.8 Å². The number of carbonyl (C=O) groups is 2. The van der Waals surface area contributed by atoms with Crippen molar-refractivity contribution in [3.63, 3.8) is 0 Å². The molecular formula is C27H32F3N7O3. The monoisotopic (exact) mass is 559 g/mol. The molecule has 0 unspecified atom stereocenters. The van der Waals surface area contributed by atoms with Gasteiger partial charge in [-0.1, -0.05) is 12.1 Å². The first-order valence-electron chi connectivity index (χ1n) is 13.0. The molecule has 3 aromatic rings. The Bertz CT molecular complexity index is 1450. The fourth-order valence-electron chi connectivity index (χ4n) is 5.62. The molecule has 1 spiro atoms. The third-order valence-corrected chi connectivity index (χ3v) is 7.45. The molecule has 1 aromatic carbocycles. The van der Waals surface area contributed by atoms with Gasteiger partial charge in [-0.25, -0.2) is 9.48 Å². The van der Waals surface area contributed by atoms with Crippen molar-refractivity contribution in [2.75, 3.05) is 18.8 Å². The maximum atomic E-state index is 13.1.